The number of methoxy groups -OCH3 is 1. The number of hydrogen-bond donors (Lipinski definition) is 1. The van der Waals surface area contributed by atoms with E-state index in [0.29, 0.717) is 6.54 Å². The molecule has 1 aromatic rings. The molecule has 1 fully saturated rings. The van der Waals surface area contributed by atoms with Crippen LogP contribution in [0.5, 0.6) is 11.5 Å². The number of piperidine rings is 1. The lowest BCUT2D eigenvalue weighted by Crippen LogP contribution is -2.65. The third-order valence-electron chi connectivity index (χ3n) is 6.26. The highest BCUT2D eigenvalue weighted by Gasteiger charge is 2.64. The van der Waals surface area contributed by atoms with Crippen LogP contribution in [-0.2, 0) is 16.6 Å². The summed E-state index contributed by atoms with van der Waals surface area (Å²) in [6, 6.07) is 4.17. The van der Waals surface area contributed by atoms with Crippen LogP contribution in [0, 0.1) is 5.92 Å². The number of amides is 1. The van der Waals surface area contributed by atoms with Crippen molar-refractivity contribution in [2.24, 2.45) is 5.92 Å². The molecule has 5 rings (SSSR count). The zero-order valence-corrected chi connectivity index (χ0v) is 12.9. The van der Waals surface area contributed by atoms with E-state index in [4.69, 9.17) is 9.47 Å². The van der Waals surface area contributed by atoms with Crippen molar-refractivity contribution in [3.05, 3.63) is 35.4 Å². The van der Waals surface area contributed by atoms with Crippen molar-refractivity contribution in [1.82, 2.24) is 4.90 Å². The van der Waals surface area contributed by atoms with E-state index in [1.807, 2.05) is 17.0 Å². The molecule has 5 nitrogen and oxygen atoms in total. The fourth-order valence-corrected chi connectivity index (χ4v) is 5.37. The monoisotopic (exact) mass is 313 g/mol. The summed E-state index contributed by atoms with van der Waals surface area (Å²) in [5.74, 6) is 1.71. The Morgan fingerprint density at radius 1 is 1.43 bits per heavy atom. The topological polar surface area (TPSA) is 59.0 Å². The van der Waals surface area contributed by atoms with Crippen molar-refractivity contribution in [3.8, 4) is 11.5 Å². The predicted molar refractivity (Wildman–Crippen MR) is 82.6 cm³/mol. The van der Waals surface area contributed by atoms with E-state index >= 15 is 0 Å². The Balaban J connectivity index is 1.80. The lowest BCUT2D eigenvalue weighted by Gasteiger charge is -2.56. The van der Waals surface area contributed by atoms with E-state index in [1.165, 1.54) is 11.1 Å². The molecule has 0 saturated carbocycles. The lowest BCUT2D eigenvalue weighted by molar-refractivity contribution is -0.127. The third-order valence-corrected chi connectivity index (χ3v) is 6.26. The minimum absolute atomic E-state index is 0.142. The van der Waals surface area contributed by atoms with Gasteiger partial charge in [-0.3, -0.25) is 4.79 Å². The van der Waals surface area contributed by atoms with Crippen molar-refractivity contribution < 1.29 is 19.4 Å². The maximum Gasteiger partial charge on any atom is 0.209 e. The van der Waals surface area contributed by atoms with E-state index in [-0.39, 0.29) is 23.5 Å². The second-order valence-electron chi connectivity index (χ2n) is 6.98. The van der Waals surface area contributed by atoms with Gasteiger partial charge in [0.25, 0.3) is 0 Å². The van der Waals surface area contributed by atoms with Crippen LogP contribution in [0.15, 0.2) is 24.3 Å². The number of carbonyl (C=O) groups excluding carboxylic acids is 1. The molecule has 1 N–H and O–H groups in total. The molecule has 5 atom stereocenters. The molecule has 2 aliphatic heterocycles. The summed E-state index contributed by atoms with van der Waals surface area (Å²) in [4.78, 5) is 13.4. The van der Waals surface area contributed by atoms with Crippen molar-refractivity contribution in [2.45, 2.75) is 36.5 Å². The molecular formula is C18H19NO4. The molecule has 1 saturated heterocycles. The van der Waals surface area contributed by atoms with Crippen molar-refractivity contribution >= 4 is 6.41 Å². The smallest absolute Gasteiger partial charge is 0.209 e. The molecule has 2 heterocycles. The summed E-state index contributed by atoms with van der Waals surface area (Å²) < 4.78 is 11.7. The number of benzene rings is 1. The highest BCUT2D eigenvalue weighted by molar-refractivity contribution is 5.63. The molecule has 5 heteroatoms. The Bertz CT molecular complexity index is 730. The summed E-state index contributed by atoms with van der Waals surface area (Å²) in [6.07, 6.45) is 5.62. The Hall–Kier alpha value is -2.01. The van der Waals surface area contributed by atoms with Gasteiger partial charge in [-0.25, -0.2) is 0 Å². The molecule has 2 aliphatic carbocycles. The number of carbonyl (C=O) groups is 1. The van der Waals surface area contributed by atoms with Crippen LogP contribution < -0.4 is 9.47 Å². The Morgan fingerprint density at radius 3 is 3.09 bits per heavy atom. The van der Waals surface area contributed by atoms with Gasteiger partial charge in [0.05, 0.1) is 7.11 Å². The van der Waals surface area contributed by atoms with E-state index in [0.717, 1.165) is 30.8 Å². The quantitative estimate of drug-likeness (QED) is 0.654. The fourth-order valence-electron chi connectivity index (χ4n) is 5.37. The first-order valence-electron chi connectivity index (χ1n) is 8.15. The van der Waals surface area contributed by atoms with Gasteiger partial charge in [0.15, 0.2) is 11.5 Å². The first kappa shape index (κ1) is 13.4. The average Bonchev–Trinajstić information content (AvgIpc) is 2.91. The second kappa shape index (κ2) is 4.29. The Morgan fingerprint density at radius 2 is 2.30 bits per heavy atom. The van der Waals surface area contributed by atoms with Gasteiger partial charge in [0.1, 0.15) is 12.2 Å². The minimum Gasteiger partial charge on any atom is -0.493 e. The van der Waals surface area contributed by atoms with Crippen LogP contribution >= 0.6 is 0 Å². The lowest BCUT2D eigenvalue weighted by atomic mass is 9.53. The van der Waals surface area contributed by atoms with Crippen LogP contribution in [0.4, 0.5) is 0 Å². The summed E-state index contributed by atoms with van der Waals surface area (Å²) in [7, 11) is 1.65. The van der Waals surface area contributed by atoms with Crippen LogP contribution in [-0.4, -0.2) is 48.3 Å². The molecule has 1 amide bonds. The molecule has 120 valence electrons. The van der Waals surface area contributed by atoms with Crippen LogP contribution in [0.2, 0.25) is 0 Å². The minimum atomic E-state index is -0.627. The van der Waals surface area contributed by atoms with Crippen molar-refractivity contribution in [1.29, 1.82) is 0 Å². The van der Waals surface area contributed by atoms with Gasteiger partial charge in [-0.2, -0.15) is 0 Å². The number of ether oxygens (including phenoxy) is 2. The van der Waals surface area contributed by atoms with E-state index in [9.17, 15) is 9.90 Å². The Kier molecular flexibility index (Phi) is 2.51. The maximum atomic E-state index is 11.5. The average molecular weight is 313 g/mol. The number of likely N-dealkylation sites (tertiary alicyclic amines) is 1. The molecule has 4 aliphatic rings. The number of aliphatic hydroxyl groups is 1. The van der Waals surface area contributed by atoms with Gasteiger partial charge in [-0.05, 0) is 24.5 Å². The molecule has 2 bridgehead atoms. The highest BCUT2D eigenvalue weighted by atomic mass is 16.5. The first-order valence-corrected chi connectivity index (χ1v) is 8.15. The van der Waals surface area contributed by atoms with Crippen molar-refractivity contribution in [3.63, 3.8) is 0 Å². The molecule has 0 aromatic heterocycles. The second-order valence-corrected chi connectivity index (χ2v) is 6.98. The summed E-state index contributed by atoms with van der Waals surface area (Å²) in [5.41, 5.74) is 2.19. The van der Waals surface area contributed by atoms with Gasteiger partial charge in [-0.1, -0.05) is 18.2 Å². The van der Waals surface area contributed by atoms with E-state index in [1.54, 1.807) is 7.11 Å². The number of aliphatic hydroxyl groups excluding tert-OH is 1. The summed E-state index contributed by atoms with van der Waals surface area (Å²) in [6.45, 7) is 0.710. The molecule has 1 spiro atoms. The fraction of sp³-hybridized carbons (Fsp3) is 0.500. The molecule has 1 aromatic carbocycles. The first-order chi connectivity index (χ1) is 11.2. The van der Waals surface area contributed by atoms with Gasteiger partial charge < -0.3 is 19.5 Å². The van der Waals surface area contributed by atoms with Crippen LogP contribution in [0.1, 0.15) is 17.5 Å². The van der Waals surface area contributed by atoms with Gasteiger partial charge in [-0.15, -0.1) is 0 Å². The zero-order chi connectivity index (χ0) is 15.8. The van der Waals surface area contributed by atoms with Crippen LogP contribution in [0.25, 0.3) is 0 Å². The molecule has 23 heavy (non-hydrogen) atoms. The molecule has 0 unspecified atom stereocenters. The maximum absolute atomic E-state index is 11.5. The highest BCUT2D eigenvalue weighted by Crippen LogP contribution is 2.62. The third kappa shape index (κ3) is 1.40. The number of nitrogens with zero attached hydrogens (tertiary/aromatic N) is 1. The number of rotatable bonds is 2. The Labute approximate surface area is 134 Å². The van der Waals surface area contributed by atoms with Crippen molar-refractivity contribution in [2.75, 3.05) is 13.7 Å². The van der Waals surface area contributed by atoms with Gasteiger partial charge in [0.2, 0.25) is 6.41 Å². The van der Waals surface area contributed by atoms with E-state index in [2.05, 4.69) is 12.1 Å². The zero-order valence-electron chi connectivity index (χ0n) is 12.9. The normalized spacial score (nSPS) is 38.8. The summed E-state index contributed by atoms with van der Waals surface area (Å²) in [5, 5.41) is 10.5. The largest absolute Gasteiger partial charge is 0.493 e. The summed E-state index contributed by atoms with van der Waals surface area (Å²) >= 11 is 0. The van der Waals surface area contributed by atoms with E-state index < -0.39 is 6.10 Å². The van der Waals surface area contributed by atoms with Crippen LogP contribution in [0.3, 0.4) is 0 Å². The van der Waals surface area contributed by atoms with Gasteiger partial charge >= 0.3 is 0 Å². The number of hydrogen-bond acceptors (Lipinski definition) is 4. The molecular weight excluding hydrogens is 294 g/mol. The predicted octanol–water partition coefficient (Wildman–Crippen LogP) is 1.03. The molecule has 0 radical (unpaired) electrons. The standard InChI is InChI=1S/C18H19NO4/c1-22-14-5-2-10-8-12-11-3-4-13(21)17-18(11,6-7-19(12)9-20)15(10)16(14)23-17/h2-5,9,11-13,17,21H,6-8H2,1H3/t11-,12-,13-,17-,18-/m0/s1. The SMILES string of the molecule is COc1ccc2c3c1O[C@H]1[C@@H](O)C=C[C@H]4[C@H](C2)N(C=O)CC[C@@]341. The van der Waals surface area contributed by atoms with Gasteiger partial charge in [0, 0.05) is 29.5 Å².